The zero-order chi connectivity index (χ0) is 24.1. The smallest absolute Gasteiger partial charge is 0.317 e. The van der Waals surface area contributed by atoms with Crippen LogP contribution in [-0.2, 0) is 11.3 Å². The maximum atomic E-state index is 13.5. The van der Waals surface area contributed by atoms with E-state index < -0.39 is 0 Å². The number of benzene rings is 3. The lowest BCUT2D eigenvalue weighted by Gasteiger charge is -2.47. The average Bonchev–Trinajstić information content (AvgIpc) is 2.82. The molecule has 3 aromatic rings. The van der Waals surface area contributed by atoms with E-state index in [0.717, 1.165) is 41.4 Å². The van der Waals surface area contributed by atoms with Crippen LogP contribution in [0.15, 0.2) is 72.8 Å². The number of likely N-dealkylation sites (tertiary alicyclic amines) is 1. The van der Waals surface area contributed by atoms with Gasteiger partial charge in [0.05, 0.1) is 19.3 Å². The molecule has 2 amide bonds. The molecule has 1 heterocycles. The molecule has 34 heavy (non-hydrogen) atoms. The van der Waals surface area contributed by atoms with Crippen LogP contribution in [0, 0.1) is 5.41 Å². The SMILES string of the molecule is CN1CCC(N(C)C(=O)NC(COCc2ccccc2)c2cccc3ccccc23)C(C)(C)C1. The lowest BCUT2D eigenvalue weighted by Crippen LogP contribution is -2.57. The summed E-state index contributed by atoms with van der Waals surface area (Å²) >= 11 is 0. The summed E-state index contributed by atoms with van der Waals surface area (Å²) in [5, 5.41) is 5.61. The van der Waals surface area contributed by atoms with Crippen molar-refractivity contribution in [3.05, 3.63) is 83.9 Å². The fourth-order valence-electron chi connectivity index (χ4n) is 5.36. The van der Waals surface area contributed by atoms with Gasteiger partial charge in [0.15, 0.2) is 0 Å². The Hall–Kier alpha value is -2.89. The molecule has 1 N–H and O–H groups in total. The van der Waals surface area contributed by atoms with Crippen molar-refractivity contribution in [2.24, 2.45) is 5.41 Å². The molecule has 2 atom stereocenters. The number of hydrogen-bond donors (Lipinski definition) is 1. The van der Waals surface area contributed by atoms with Crippen LogP contribution in [0.1, 0.15) is 37.4 Å². The molecule has 0 radical (unpaired) electrons. The fraction of sp³-hybridized carbons (Fsp3) is 0.414. The highest BCUT2D eigenvalue weighted by atomic mass is 16.5. The normalized spacial score (nSPS) is 19.0. The largest absolute Gasteiger partial charge is 0.374 e. The maximum Gasteiger partial charge on any atom is 0.317 e. The number of carbonyl (C=O) groups excluding carboxylic acids is 1. The summed E-state index contributed by atoms with van der Waals surface area (Å²) in [5.41, 5.74) is 2.23. The molecule has 0 spiro atoms. The Bertz CT molecular complexity index is 1090. The van der Waals surface area contributed by atoms with Crippen LogP contribution in [0.25, 0.3) is 10.8 Å². The topological polar surface area (TPSA) is 44.8 Å². The number of carbonyl (C=O) groups is 1. The van der Waals surface area contributed by atoms with Gasteiger partial charge >= 0.3 is 6.03 Å². The monoisotopic (exact) mass is 459 g/mol. The molecule has 0 bridgehead atoms. The maximum absolute atomic E-state index is 13.5. The first kappa shape index (κ1) is 24.2. The first-order valence-electron chi connectivity index (χ1n) is 12.2. The molecule has 3 aromatic carbocycles. The van der Waals surface area contributed by atoms with Gasteiger partial charge in [-0.15, -0.1) is 0 Å². The van der Waals surface area contributed by atoms with Gasteiger partial charge in [-0.2, -0.15) is 0 Å². The van der Waals surface area contributed by atoms with Crippen LogP contribution in [0.5, 0.6) is 0 Å². The Balaban J connectivity index is 1.54. The second kappa shape index (κ2) is 10.6. The highest BCUT2D eigenvalue weighted by Gasteiger charge is 2.39. The van der Waals surface area contributed by atoms with Crippen molar-refractivity contribution in [3.63, 3.8) is 0 Å². The van der Waals surface area contributed by atoms with Gasteiger partial charge in [-0.25, -0.2) is 4.79 Å². The molecule has 180 valence electrons. The van der Waals surface area contributed by atoms with Gasteiger partial charge in [-0.05, 0) is 47.3 Å². The summed E-state index contributed by atoms with van der Waals surface area (Å²) in [7, 11) is 4.08. The molecular weight excluding hydrogens is 422 g/mol. The lowest BCUT2D eigenvalue weighted by atomic mass is 9.78. The number of amides is 2. The number of ether oxygens (including phenoxy) is 1. The molecule has 1 fully saturated rings. The molecule has 0 aromatic heterocycles. The minimum Gasteiger partial charge on any atom is -0.374 e. The number of urea groups is 1. The van der Waals surface area contributed by atoms with Crippen molar-refractivity contribution < 1.29 is 9.53 Å². The summed E-state index contributed by atoms with van der Waals surface area (Å²) in [4.78, 5) is 17.8. The van der Waals surface area contributed by atoms with Gasteiger partial charge in [0, 0.05) is 19.6 Å². The predicted molar refractivity (Wildman–Crippen MR) is 139 cm³/mol. The highest BCUT2D eigenvalue weighted by molar-refractivity contribution is 5.86. The van der Waals surface area contributed by atoms with Crippen molar-refractivity contribution in [2.45, 2.75) is 39.0 Å². The Morgan fingerprint density at radius 2 is 1.79 bits per heavy atom. The van der Waals surface area contributed by atoms with Crippen molar-refractivity contribution >= 4 is 16.8 Å². The molecule has 1 aliphatic heterocycles. The van der Waals surface area contributed by atoms with Crippen molar-refractivity contribution in [1.82, 2.24) is 15.1 Å². The molecule has 5 nitrogen and oxygen atoms in total. The van der Waals surface area contributed by atoms with Gasteiger partial charge in [-0.1, -0.05) is 86.6 Å². The minimum absolute atomic E-state index is 0.0256. The number of rotatable bonds is 7. The van der Waals surface area contributed by atoms with Crippen LogP contribution in [0.2, 0.25) is 0 Å². The first-order valence-corrected chi connectivity index (χ1v) is 12.2. The quantitative estimate of drug-likeness (QED) is 0.510. The summed E-state index contributed by atoms with van der Waals surface area (Å²) in [5.74, 6) is 0. The van der Waals surface area contributed by atoms with E-state index in [4.69, 9.17) is 4.74 Å². The lowest BCUT2D eigenvalue weighted by molar-refractivity contribution is 0.0421. The average molecular weight is 460 g/mol. The van der Waals surface area contributed by atoms with E-state index in [2.05, 4.69) is 73.6 Å². The predicted octanol–water partition coefficient (Wildman–Crippen LogP) is 5.47. The van der Waals surface area contributed by atoms with Crippen molar-refractivity contribution in [1.29, 1.82) is 0 Å². The number of nitrogens with one attached hydrogen (secondary N) is 1. The molecule has 1 aliphatic rings. The fourth-order valence-corrected chi connectivity index (χ4v) is 5.36. The first-order chi connectivity index (χ1) is 16.3. The highest BCUT2D eigenvalue weighted by Crippen LogP contribution is 2.32. The van der Waals surface area contributed by atoms with E-state index in [0.29, 0.717) is 13.2 Å². The van der Waals surface area contributed by atoms with E-state index in [1.807, 2.05) is 42.3 Å². The summed E-state index contributed by atoms with van der Waals surface area (Å²) in [6.45, 7) is 7.39. The molecule has 4 rings (SSSR count). The third kappa shape index (κ3) is 5.60. The van der Waals surface area contributed by atoms with E-state index >= 15 is 0 Å². The van der Waals surface area contributed by atoms with E-state index in [9.17, 15) is 4.79 Å². The van der Waals surface area contributed by atoms with E-state index in [1.54, 1.807) is 0 Å². The Kier molecular flexibility index (Phi) is 7.54. The third-order valence-corrected chi connectivity index (χ3v) is 7.04. The van der Waals surface area contributed by atoms with E-state index in [1.165, 1.54) is 0 Å². The van der Waals surface area contributed by atoms with Gasteiger partial charge in [-0.3, -0.25) is 0 Å². The Morgan fingerprint density at radius 3 is 2.56 bits per heavy atom. The standard InChI is InChI=1S/C29H37N3O2/c1-29(2)21-31(3)18-17-27(29)32(4)28(33)30-26(20-34-19-22-11-6-5-7-12-22)25-16-10-14-23-13-8-9-15-24(23)25/h5-16,26-27H,17-21H2,1-4H3,(H,30,33). The van der Waals surface area contributed by atoms with Gasteiger partial charge in [0.25, 0.3) is 0 Å². The zero-order valence-corrected chi connectivity index (χ0v) is 20.8. The number of nitrogens with zero attached hydrogens (tertiary/aromatic N) is 2. The number of fused-ring (bicyclic) bond motifs is 1. The van der Waals surface area contributed by atoms with Crippen LogP contribution in [0.3, 0.4) is 0 Å². The van der Waals surface area contributed by atoms with Crippen LogP contribution >= 0.6 is 0 Å². The van der Waals surface area contributed by atoms with Crippen LogP contribution < -0.4 is 5.32 Å². The van der Waals surface area contributed by atoms with Crippen LogP contribution in [0.4, 0.5) is 4.79 Å². The third-order valence-electron chi connectivity index (χ3n) is 7.04. The zero-order valence-electron chi connectivity index (χ0n) is 20.8. The molecule has 1 saturated heterocycles. The summed E-state index contributed by atoms with van der Waals surface area (Å²) in [6.07, 6.45) is 0.969. The second-order valence-electron chi connectivity index (χ2n) is 10.2. The minimum atomic E-state index is -0.251. The van der Waals surface area contributed by atoms with Gasteiger partial charge in [0.1, 0.15) is 0 Å². The van der Waals surface area contributed by atoms with Crippen LogP contribution in [-0.4, -0.2) is 55.7 Å². The molecule has 0 saturated carbocycles. The van der Waals surface area contributed by atoms with Gasteiger partial charge < -0.3 is 19.9 Å². The van der Waals surface area contributed by atoms with Crippen molar-refractivity contribution in [3.8, 4) is 0 Å². The number of hydrogen-bond acceptors (Lipinski definition) is 3. The van der Waals surface area contributed by atoms with Gasteiger partial charge in [0.2, 0.25) is 0 Å². The Labute approximate surface area is 203 Å². The number of piperidine rings is 1. The second-order valence-corrected chi connectivity index (χ2v) is 10.2. The summed E-state index contributed by atoms with van der Waals surface area (Å²) < 4.78 is 6.13. The molecule has 0 aliphatic carbocycles. The molecule has 2 unspecified atom stereocenters. The molecule has 5 heteroatoms. The van der Waals surface area contributed by atoms with Crippen molar-refractivity contribution in [2.75, 3.05) is 33.8 Å². The van der Waals surface area contributed by atoms with E-state index in [-0.39, 0.29) is 23.5 Å². The molecular formula is C29H37N3O2. The summed E-state index contributed by atoms with van der Waals surface area (Å²) in [6, 6.07) is 24.6. The Morgan fingerprint density at radius 1 is 1.09 bits per heavy atom.